The van der Waals surface area contributed by atoms with Crippen LogP contribution in [0.5, 0.6) is 5.75 Å². The van der Waals surface area contributed by atoms with Gasteiger partial charge >= 0.3 is 6.18 Å². The highest BCUT2D eigenvalue weighted by atomic mass is 19.4. The zero-order valence-corrected chi connectivity index (χ0v) is 10.5. The lowest BCUT2D eigenvalue weighted by molar-refractivity contribution is -0.153. The molecule has 0 fully saturated rings. The first-order valence-electron chi connectivity index (χ1n) is 5.81. The number of anilines is 1. The van der Waals surface area contributed by atoms with Crippen molar-refractivity contribution in [3.05, 3.63) is 48.0 Å². The van der Waals surface area contributed by atoms with Crippen LogP contribution in [-0.2, 0) is 0 Å². The van der Waals surface area contributed by atoms with Crippen molar-refractivity contribution < 1.29 is 26.7 Å². The number of nitrogen functional groups attached to an aromatic ring is 1. The van der Waals surface area contributed by atoms with Crippen molar-refractivity contribution in [2.45, 2.75) is 6.18 Å². The molecule has 0 saturated carbocycles. The quantitative estimate of drug-likeness (QED) is 0.683. The molecule has 0 bridgehead atoms. The summed E-state index contributed by atoms with van der Waals surface area (Å²) in [5.74, 6) is -2.09. The highest BCUT2D eigenvalue weighted by molar-refractivity contribution is 5.77. The Hall–Kier alpha value is -2.31. The second kappa shape index (κ2) is 5.59. The average Bonchev–Trinajstić information content (AvgIpc) is 2.39. The molecule has 21 heavy (non-hydrogen) atoms. The van der Waals surface area contributed by atoms with Crippen LogP contribution in [0.1, 0.15) is 0 Å². The molecule has 0 aliphatic rings. The molecule has 0 unspecified atom stereocenters. The minimum absolute atomic E-state index is 0.0591. The number of halogens is 5. The molecule has 2 aromatic carbocycles. The van der Waals surface area contributed by atoms with Crippen LogP contribution < -0.4 is 10.5 Å². The molecule has 0 aliphatic heterocycles. The van der Waals surface area contributed by atoms with Gasteiger partial charge in [-0.2, -0.15) is 13.2 Å². The largest absolute Gasteiger partial charge is 0.484 e. The van der Waals surface area contributed by atoms with Gasteiger partial charge in [-0.15, -0.1) is 0 Å². The minimum atomic E-state index is -4.45. The summed E-state index contributed by atoms with van der Waals surface area (Å²) in [6, 6.07) is 7.07. The van der Waals surface area contributed by atoms with Crippen molar-refractivity contribution >= 4 is 5.69 Å². The van der Waals surface area contributed by atoms with Crippen molar-refractivity contribution in [3.8, 4) is 16.9 Å². The maximum Gasteiger partial charge on any atom is 0.422 e. The number of benzene rings is 2. The Morgan fingerprint density at radius 1 is 0.952 bits per heavy atom. The molecule has 0 heterocycles. The average molecular weight is 303 g/mol. The Morgan fingerprint density at radius 2 is 1.67 bits per heavy atom. The fraction of sp³-hybridized carbons (Fsp3) is 0.143. The number of rotatable bonds is 3. The highest BCUT2D eigenvalue weighted by Crippen LogP contribution is 2.30. The Balaban J connectivity index is 2.24. The maximum atomic E-state index is 13.2. The van der Waals surface area contributed by atoms with Gasteiger partial charge in [0.05, 0.1) is 0 Å². The van der Waals surface area contributed by atoms with E-state index in [1.807, 2.05) is 0 Å². The first-order chi connectivity index (χ1) is 9.76. The number of hydrogen-bond acceptors (Lipinski definition) is 2. The topological polar surface area (TPSA) is 35.2 Å². The van der Waals surface area contributed by atoms with Crippen LogP contribution in [0.15, 0.2) is 36.4 Å². The van der Waals surface area contributed by atoms with Crippen molar-refractivity contribution in [3.63, 3.8) is 0 Å². The van der Waals surface area contributed by atoms with Crippen LogP contribution in [0.2, 0.25) is 0 Å². The lowest BCUT2D eigenvalue weighted by Gasteiger charge is -2.12. The molecule has 7 heteroatoms. The number of nitrogens with two attached hydrogens (primary N) is 1. The van der Waals surface area contributed by atoms with E-state index >= 15 is 0 Å². The summed E-state index contributed by atoms with van der Waals surface area (Å²) in [5, 5.41) is 0. The van der Waals surface area contributed by atoms with E-state index in [-0.39, 0.29) is 11.4 Å². The molecule has 0 aliphatic carbocycles. The summed E-state index contributed by atoms with van der Waals surface area (Å²) in [7, 11) is 0. The van der Waals surface area contributed by atoms with Crippen molar-refractivity contribution in [1.29, 1.82) is 0 Å². The standard InChI is InChI=1S/C14H10F5NO/c15-11-4-1-8(5-12(11)16)10-3-2-9(6-13(10)20)21-7-14(17,18)19/h1-6H,7,20H2. The van der Waals surface area contributed by atoms with Crippen LogP contribution in [0.3, 0.4) is 0 Å². The predicted molar refractivity (Wildman–Crippen MR) is 67.8 cm³/mol. The smallest absolute Gasteiger partial charge is 0.422 e. The summed E-state index contributed by atoms with van der Waals surface area (Å²) in [4.78, 5) is 0. The lowest BCUT2D eigenvalue weighted by atomic mass is 10.0. The monoisotopic (exact) mass is 303 g/mol. The molecule has 2 nitrogen and oxygen atoms in total. The van der Waals surface area contributed by atoms with Crippen molar-refractivity contribution in [2.75, 3.05) is 12.3 Å². The molecule has 0 radical (unpaired) electrons. The van der Waals surface area contributed by atoms with E-state index in [1.165, 1.54) is 24.3 Å². The summed E-state index contributed by atoms with van der Waals surface area (Å²) < 4.78 is 66.7. The number of hydrogen-bond donors (Lipinski definition) is 1. The zero-order valence-electron chi connectivity index (χ0n) is 10.5. The third-order valence-corrected chi connectivity index (χ3v) is 2.66. The van der Waals surface area contributed by atoms with Gasteiger partial charge in [0.1, 0.15) is 5.75 Å². The van der Waals surface area contributed by atoms with Crippen LogP contribution in [0.25, 0.3) is 11.1 Å². The van der Waals surface area contributed by atoms with Crippen LogP contribution >= 0.6 is 0 Å². The van der Waals surface area contributed by atoms with Crippen molar-refractivity contribution in [2.24, 2.45) is 0 Å². The Kier molecular flexibility index (Phi) is 4.02. The van der Waals surface area contributed by atoms with E-state index in [4.69, 9.17) is 5.73 Å². The van der Waals surface area contributed by atoms with E-state index in [9.17, 15) is 22.0 Å². The van der Waals surface area contributed by atoms with Gasteiger partial charge in [-0.3, -0.25) is 0 Å². The van der Waals surface area contributed by atoms with Gasteiger partial charge in [0.2, 0.25) is 0 Å². The summed E-state index contributed by atoms with van der Waals surface area (Å²) >= 11 is 0. The third kappa shape index (κ3) is 3.84. The fourth-order valence-electron chi connectivity index (χ4n) is 1.72. The minimum Gasteiger partial charge on any atom is -0.484 e. The molecular weight excluding hydrogens is 293 g/mol. The van der Waals surface area contributed by atoms with E-state index in [2.05, 4.69) is 4.74 Å². The Labute approximate surface area is 116 Å². The summed E-state index contributed by atoms with van der Waals surface area (Å²) in [5.41, 5.74) is 6.48. The van der Waals surface area contributed by atoms with E-state index in [0.717, 1.165) is 12.1 Å². The second-order valence-electron chi connectivity index (χ2n) is 4.28. The number of alkyl halides is 3. The lowest BCUT2D eigenvalue weighted by Crippen LogP contribution is -2.19. The molecule has 2 N–H and O–H groups in total. The Bertz CT molecular complexity index is 654. The van der Waals surface area contributed by atoms with Crippen LogP contribution in [0, 0.1) is 11.6 Å². The predicted octanol–water partition coefficient (Wildman–Crippen LogP) is 4.16. The molecular formula is C14H10F5NO. The first-order valence-corrected chi connectivity index (χ1v) is 5.81. The van der Waals surface area contributed by atoms with Gasteiger partial charge in [-0.1, -0.05) is 6.07 Å². The van der Waals surface area contributed by atoms with Gasteiger partial charge < -0.3 is 10.5 Å². The van der Waals surface area contributed by atoms with E-state index < -0.39 is 24.4 Å². The molecule has 0 atom stereocenters. The first kappa shape index (κ1) is 15.1. The molecule has 0 saturated heterocycles. The molecule has 0 spiro atoms. The second-order valence-corrected chi connectivity index (χ2v) is 4.28. The van der Waals surface area contributed by atoms with E-state index in [0.29, 0.717) is 11.1 Å². The van der Waals surface area contributed by atoms with Crippen LogP contribution in [-0.4, -0.2) is 12.8 Å². The van der Waals surface area contributed by atoms with E-state index in [1.54, 1.807) is 0 Å². The molecule has 0 amide bonds. The summed E-state index contributed by atoms with van der Waals surface area (Å²) in [6.45, 7) is -1.43. The molecule has 2 aromatic rings. The normalized spacial score (nSPS) is 11.5. The van der Waals surface area contributed by atoms with Gasteiger partial charge in [-0.25, -0.2) is 8.78 Å². The number of ether oxygens (including phenoxy) is 1. The highest BCUT2D eigenvalue weighted by Gasteiger charge is 2.28. The Morgan fingerprint density at radius 3 is 2.24 bits per heavy atom. The zero-order chi connectivity index (χ0) is 15.6. The van der Waals surface area contributed by atoms with Gasteiger partial charge in [0, 0.05) is 17.3 Å². The molecule has 2 rings (SSSR count). The van der Waals surface area contributed by atoms with Gasteiger partial charge in [-0.05, 0) is 29.8 Å². The van der Waals surface area contributed by atoms with Crippen LogP contribution in [0.4, 0.5) is 27.6 Å². The van der Waals surface area contributed by atoms with Crippen molar-refractivity contribution in [1.82, 2.24) is 0 Å². The van der Waals surface area contributed by atoms with Gasteiger partial charge in [0.25, 0.3) is 0 Å². The van der Waals surface area contributed by atoms with Gasteiger partial charge in [0.15, 0.2) is 18.2 Å². The fourth-order valence-corrected chi connectivity index (χ4v) is 1.72. The summed E-state index contributed by atoms with van der Waals surface area (Å²) in [6.07, 6.45) is -4.45. The maximum absolute atomic E-state index is 13.2. The molecule has 0 aromatic heterocycles. The SMILES string of the molecule is Nc1cc(OCC(F)(F)F)ccc1-c1ccc(F)c(F)c1. The third-order valence-electron chi connectivity index (χ3n) is 2.66. The molecule has 112 valence electrons.